The number of hydrogen-bond acceptors (Lipinski definition) is 4. The number of nitrogens with zero attached hydrogens (tertiary/aromatic N) is 1. The summed E-state index contributed by atoms with van der Waals surface area (Å²) in [6.45, 7) is 3.31. The monoisotopic (exact) mass is 325 g/mol. The van der Waals surface area contributed by atoms with E-state index >= 15 is 0 Å². The minimum absolute atomic E-state index is 0.155. The number of amides is 2. The summed E-state index contributed by atoms with van der Waals surface area (Å²) in [5.41, 5.74) is 2.56. The molecule has 0 saturated carbocycles. The van der Waals surface area contributed by atoms with E-state index in [0.29, 0.717) is 16.4 Å². The molecule has 6 heteroatoms. The molecule has 1 aliphatic heterocycles. The van der Waals surface area contributed by atoms with Crippen LogP contribution in [0.4, 0.5) is 0 Å². The number of carboxylic acids is 1. The van der Waals surface area contributed by atoms with Gasteiger partial charge in [-0.25, -0.2) is 0 Å². The highest BCUT2D eigenvalue weighted by molar-refractivity contribution is 6.22. The smallest absolute Gasteiger partial charge is 0.323 e. The molecule has 3 rings (SSSR count). The Morgan fingerprint density at radius 1 is 0.958 bits per heavy atom. The lowest BCUT2D eigenvalue weighted by atomic mass is 10.1. The fourth-order valence-corrected chi connectivity index (χ4v) is 2.53. The van der Waals surface area contributed by atoms with Gasteiger partial charge in [-0.1, -0.05) is 6.07 Å². The lowest BCUT2D eigenvalue weighted by Crippen LogP contribution is -2.34. The number of aliphatic carboxylic acids is 1. The average Bonchev–Trinajstić information content (AvgIpc) is 2.75. The van der Waals surface area contributed by atoms with E-state index in [-0.39, 0.29) is 11.1 Å². The van der Waals surface area contributed by atoms with Gasteiger partial charge in [-0.05, 0) is 55.3 Å². The van der Waals surface area contributed by atoms with Crippen LogP contribution in [0, 0.1) is 13.8 Å². The van der Waals surface area contributed by atoms with Crippen molar-refractivity contribution < 1.29 is 24.2 Å². The molecule has 6 nitrogen and oxygen atoms in total. The summed E-state index contributed by atoms with van der Waals surface area (Å²) < 4.78 is 5.74. The molecular formula is C18H15NO5. The Morgan fingerprint density at radius 3 is 2.25 bits per heavy atom. The zero-order valence-electron chi connectivity index (χ0n) is 13.2. The van der Waals surface area contributed by atoms with Crippen LogP contribution in [0.3, 0.4) is 0 Å². The minimum atomic E-state index is -1.24. The molecule has 122 valence electrons. The lowest BCUT2D eigenvalue weighted by Gasteiger charge is -2.09. The van der Waals surface area contributed by atoms with Gasteiger partial charge in [-0.2, -0.15) is 0 Å². The Morgan fingerprint density at radius 2 is 1.58 bits per heavy atom. The Bertz CT molecular complexity index is 872. The molecule has 0 radical (unpaired) electrons. The second-order valence-corrected chi connectivity index (χ2v) is 5.65. The summed E-state index contributed by atoms with van der Waals surface area (Å²) in [5, 5.41) is 8.82. The molecule has 0 unspecified atom stereocenters. The molecule has 24 heavy (non-hydrogen) atoms. The standard InChI is InChI=1S/C18H15NO5/c1-10-3-4-12(7-11(10)2)24-13-5-6-14-15(8-13)18(23)19(17(14)22)9-16(20)21/h3-8H,9H2,1-2H3,(H,20,21). The number of aryl methyl sites for hydroxylation is 2. The maximum absolute atomic E-state index is 12.2. The summed E-state index contributed by atoms with van der Waals surface area (Å²) in [5.74, 6) is -1.43. The molecule has 0 bridgehead atoms. The average molecular weight is 325 g/mol. The number of benzene rings is 2. The molecule has 2 aromatic rings. The molecule has 0 saturated heterocycles. The van der Waals surface area contributed by atoms with Crippen LogP contribution < -0.4 is 4.74 Å². The van der Waals surface area contributed by atoms with E-state index < -0.39 is 24.3 Å². The van der Waals surface area contributed by atoms with Crippen molar-refractivity contribution in [2.45, 2.75) is 13.8 Å². The van der Waals surface area contributed by atoms with Gasteiger partial charge in [0.25, 0.3) is 11.8 Å². The van der Waals surface area contributed by atoms with E-state index in [1.807, 2.05) is 32.0 Å². The van der Waals surface area contributed by atoms with E-state index in [1.54, 1.807) is 6.07 Å². The number of hydrogen-bond donors (Lipinski definition) is 1. The number of fused-ring (bicyclic) bond motifs is 1. The van der Waals surface area contributed by atoms with Crippen molar-refractivity contribution in [3.05, 3.63) is 58.7 Å². The molecule has 2 amide bonds. The molecule has 0 spiro atoms. The van der Waals surface area contributed by atoms with Crippen LogP contribution in [0.15, 0.2) is 36.4 Å². The van der Waals surface area contributed by atoms with Gasteiger partial charge in [0.1, 0.15) is 18.0 Å². The second kappa shape index (κ2) is 5.81. The van der Waals surface area contributed by atoms with Gasteiger partial charge >= 0.3 is 5.97 Å². The largest absolute Gasteiger partial charge is 0.480 e. The van der Waals surface area contributed by atoms with Gasteiger partial charge in [-0.3, -0.25) is 19.3 Å². The van der Waals surface area contributed by atoms with Crippen molar-refractivity contribution in [1.82, 2.24) is 4.90 Å². The van der Waals surface area contributed by atoms with Crippen molar-refractivity contribution in [2.75, 3.05) is 6.54 Å². The predicted octanol–water partition coefficient (Wildman–Crippen LogP) is 2.78. The lowest BCUT2D eigenvalue weighted by molar-refractivity contribution is -0.137. The second-order valence-electron chi connectivity index (χ2n) is 5.65. The Labute approximate surface area is 138 Å². The third kappa shape index (κ3) is 2.74. The first kappa shape index (κ1) is 15.7. The van der Waals surface area contributed by atoms with Crippen molar-refractivity contribution in [2.24, 2.45) is 0 Å². The van der Waals surface area contributed by atoms with Crippen molar-refractivity contribution in [3.63, 3.8) is 0 Å². The fourth-order valence-electron chi connectivity index (χ4n) is 2.53. The zero-order chi connectivity index (χ0) is 17.4. The maximum atomic E-state index is 12.2. The molecule has 1 aliphatic rings. The number of ether oxygens (including phenoxy) is 1. The SMILES string of the molecule is Cc1ccc(Oc2ccc3c(c2)C(=O)N(CC(=O)O)C3=O)cc1C. The van der Waals surface area contributed by atoms with Crippen LogP contribution >= 0.6 is 0 Å². The van der Waals surface area contributed by atoms with E-state index in [2.05, 4.69) is 0 Å². The third-order valence-electron chi connectivity index (χ3n) is 3.95. The van der Waals surface area contributed by atoms with Crippen LogP contribution in [-0.2, 0) is 4.79 Å². The number of carbonyl (C=O) groups excluding carboxylic acids is 2. The van der Waals surface area contributed by atoms with E-state index in [0.717, 1.165) is 11.1 Å². The summed E-state index contributed by atoms with van der Waals surface area (Å²) in [4.78, 5) is 35.8. The first-order valence-electron chi connectivity index (χ1n) is 7.34. The molecule has 0 atom stereocenters. The van der Waals surface area contributed by atoms with Crippen molar-refractivity contribution in [1.29, 1.82) is 0 Å². The molecule has 2 aromatic carbocycles. The highest BCUT2D eigenvalue weighted by Gasteiger charge is 2.36. The van der Waals surface area contributed by atoms with E-state index in [1.165, 1.54) is 12.1 Å². The first-order valence-corrected chi connectivity index (χ1v) is 7.34. The number of rotatable bonds is 4. The van der Waals surface area contributed by atoms with E-state index in [4.69, 9.17) is 9.84 Å². The van der Waals surface area contributed by atoms with Crippen LogP contribution in [0.25, 0.3) is 0 Å². The number of imide groups is 1. The summed E-state index contributed by atoms with van der Waals surface area (Å²) in [6.07, 6.45) is 0. The predicted molar refractivity (Wildman–Crippen MR) is 85.4 cm³/mol. The van der Waals surface area contributed by atoms with E-state index in [9.17, 15) is 14.4 Å². The maximum Gasteiger partial charge on any atom is 0.323 e. The molecule has 0 fully saturated rings. The van der Waals surface area contributed by atoms with Gasteiger partial charge in [0.2, 0.25) is 0 Å². The summed E-state index contributed by atoms with van der Waals surface area (Å²) in [7, 11) is 0. The summed E-state index contributed by atoms with van der Waals surface area (Å²) in [6, 6.07) is 10.2. The van der Waals surface area contributed by atoms with Gasteiger partial charge in [0, 0.05) is 0 Å². The van der Waals surface area contributed by atoms with Gasteiger partial charge in [-0.15, -0.1) is 0 Å². The number of carboxylic acid groups (broad SMARTS) is 1. The Balaban J connectivity index is 1.89. The van der Waals surface area contributed by atoms with Gasteiger partial charge < -0.3 is 9.84 Å². The van der Waals surface area contributed by atoms with Crippen LogP contribution in [0.1, 0.15) is 31.8 Å². The van der Waals surface area contributed by atoms with Crippen LogP contribution in [0.5, 0.6) is 11.5 Å². The van der Waals surface area contributed by atoms with Crippen molar-refractivity contribution in [3.8, 4) is 11.5 Å². The van der Waals surface area contributed by atoms with Gasteiger partial charge in [0.15, 0.2) is 0 Å². The van der Waals surface area contributed by atoms with Crippen LogP contribution in [-0.4, -0.2) is 34.3 Å². The summed E-state index contributed by atoms with van der Waals surface area (Å²) >= 11 is 0. The third-order valence-corrected chi connectivity index (χ3v) is 3.95. The normalized spacial score (nSPS) is 13.2. The highest BCUT2D eigenvalue weighted by Crippen LogP contribution is 2.30. The van der Waals surface area contributed by atoms with Crippen LogP contribution in [0.2, 0.25) is 0 Å². The molecule has 1 heterocycles. The molecule has 0 aliphatic carbocycles. The van der Waals surface area contributed by atoms with Crippen molar-refractivity contribution >= 4 is 17.8 Å². The quantitative estimate of drug-likeness (QED) is 0.874. The molecule has 1 N–H and O–H groups in total. The first-order chi connectivity index (χ1) is 11.4. The minimum Gasteiger partial charge on any atom is -0.480 e. The Hall–Kier alpha value is -3.15. The van der Waals surface area contributed by atoms with Gasteiger partial charge in [0.05, 0.1) is 11.1 Å². The number of carbonyl (C=O) groups is 3. The highest BCUT2D eigenvalue weighted by atomic mass is 16.5. The zero-order valence-corrected chi connectivity index (χ0v) is 13.2. The molecular weight excluding hydrogens is 310 g/mol. The Kier molecular flexibility index (Phi) is 3.81. The molecule has 0 aromatic heterocycles. The fraction of sp³-hybridized carbons (Fsp3) is 0.167. The topological polar surface area (TPSA) is 83.9 Å².